The third kappa shape index (κ3) is 3.76. The number of likely N-dealkylation sites (tertiary alicyclic amines) is 1. The summed E-state index contributed by atoms with van der Waals surface area (Å²) in [5.74, 6) is 7.39. The summed E-state index contributed by atoms with van der Waals surface area (Å²) in [4.78, 5) is 2.33. The molecule has 1 fully saturated rings. The van der Waals surface area contributed by atoms with Crippen LogP contribution in [-0.4, -0.2) is 42.9 Å². The first-order valence-electron chi connectivity index (χ1n) is 7.40. The SMILES string of the molecule is COc1ccc(C#CCN)c(CN2CCC(C)C2CO)c1. The third-order valence-electron chi connectivity index (χ3n) is 4.20. The molecule has 0 spiro atoms. The number of benzene rings is 1. The van der Waals surface area contributed by atoms with Crippen LogP contribution in [0.15, 0.2) is 18.2 Å². The molecule has 1 heterocycles. The quantitative estimate of drug-likeness (QED) is 0.818. The first-order chi connectivity index (χ1) is 10.2. The van der Waals surface area contributed by atoms with Gasteiger partial charge >= 0.3 is 0 Å². The average molecular weight is 288 g/mol. The van der Waals surface area contributed by atoms with Crippen molar-refractivity contribution < 1.29 is 9.84 Å². The van der Waals surface area contributed by atoms with Crippen molar-refractivity contribution in [1.82, 2.24) is 4.90 Å². The van der Waals surface area contributed by atoms with Crippen LogP contribution in [0.3, 0.4) is 0 Å². The van der Waals surface area contributed by atoms with Crippen molar-refractivity contribution in [2.24, 2.45) is 11.7 Å². The average Bonchev–Trinajstić information content (AvgIpc) is 2.85. The molecule has 1 saturated heterocycles. The van der Waals surface area contributed by atoms with E-state index in [1.807, 2.05) is 18.2 Å². The number of nitrogens with zero attached hydrogens (tertiary/aromatic N) is 1. The second-order valence-electron chi connectivity index (χ2n) is 5.52. The highest BCUT2D eigenvalue weighted by Crippen LogP contribution is 2.27. The van der Waals surface area contributed by atoms with Crippen LogP contribution in [0.2, 0.25) is 0 Å². The Morgan fingerprint density at radius 3 is 2.95 bits per heavy atom. The number of rotatable bonds is 4. The zero-order chi connectivity index (χ0) is 15.2. The van der Waals surface area contributed by atoms with E-state index in [0.29, 0.717) is 12.5 Å². The predicted octanol–water partition coefficient (Wildman–Crippen LogP) is 1.21. The highest BCUT2D eigenvalue weighted by molar-refractivity contribution is 5.45. The van der Waals surface area contributed by atoms with Gasteiger partial charge in [-0.1, -0.05) is 18.8 Å². The fourth-order valence-electron chi connectivity index (χ4n) is 2.89. The van der Waals surface area contributed by atoms with Gasteiger partial charge < -0.3 is 15.6 Å². The van der Waals surface area contributed by atoms with Crippen molar-refractivity contribution in [3.8, 4) is 17.6 Å². The van der Waals surface area contributed by atoms with E-state index < -0.39 is 0 Å². The van der Waals surface area contributed by atoms with Gasteiger partial charge in [0.1, 0.15) is 5.75 Å². The fraction of sp³-hybridized carbons (Fsp3) is 0.529. The molecule has 3 N–H and O–H groups in total. The van der Waals surface area contributed by atoms with Crippen molar-refractivity contribution >= 4 is 0 Å². The molecular weight excluding hydrogens is 264 g/mol. The van der Waals surface area contributed by atoms with Crippen LogP contribution in [0.5, 0.6) is 5.75 Å². The van der Waals surface area contributed by atoms with Gasteiger partial charge in [0.05, 0.1) is 20.3 Å². The number of aliphatic hydroxyl groups excluding tert-OH is 1. The minimum absolute atomic E-state index is 0.203. The fourth-order valence-corrected chi connectivity index (χ4v) is 2.89. The number of ether oxygens (including phenoxy) is 1. The smallest absolute Gasteiger partial charge is 0.119 e. The number of hydrogen-bond acceptors (Lipinski definition) is 4. The van der Waals surface area contributed by atoms with Gasteiger partial charge in [-0.15, -0.1) is 0 Å². The molecule has 0 radical (unpaired) electrons. The summed E-state index contributed by atoms with van der Waals surface area (Å²) in [5.41, 5.74) is 7.58. The van der Waals surface area contributed by atoms with Gasteiger partial charge in [-0.25, -0.2) is 0 Å². The Kier molecular flexibility index (Phi) is 5.63. The number of nitrogens with two attached hydrogens (primary N) is 1. The number of aliphatic hydroxyl groups is 1. The molecule has 1 aliphatic heterocycles. The van der Waals surface area contributed by atoms with E-state index in [1.54, 1.807) is 7.11 Å². The molecule has 114 valence electrons. The Bertz CT molecular complexity index is 533. The van der Waals surface area contributed by atoms with E-state index in [9.17, 15) is 5.11 Å². The minimum atomic E-state index is 0.203. The van der Waals surface area contributed by atoms with Crippen LogP contribution >= 0.6 is 0 Å². The normalized spacial score (nSPS) is 21.9. The molecule has 2 atom stereocenters. The van der Waals surface area contributed by atoms with Crippen LogP contribution in [0, 0.1) is 17.8 Å². The molecule has 2 rings (SSSR count). The second-order valence-corrected chi connectivity index (χ2v) is 5.52. The maximum Gasteiger partial charge on any atom is 0.119 e. The molecule has 4 heteroatoms. The largest absolute Gasteiger partial charge is 0.497 e. The maximum atomic E-state index is 9.59. The van der Waals surface area contributed by atoms with Crippen molar-refractivity contribution in [2.75, 3.05) is 26.8 Å². The summed E-state index contributed by atoms with van der Waals surface area (Å²) in [6.07, 6.45) is 1.12. The molecule has 1 aromatic carbocycles. The van der Waals surface area contributed by atoms with E-state index in [1.165, 1.54) is 0 Å². The van der Waals surface area contributed by atoms with Gasteiger partial charge in [0, 0.05) is 18.2 Å². The molecule has 0 bridgehead atoms. The van der Waals surface area contributed by atoms with Gasteiger partial charge in [-0.2, -0.15) is 0 Å². The topological polar surface area (TPSA) is 58.7 Å². The van der Waals surface area contributed by atoms with Crippen LogP contribution in [0.25, 0.3) is 0 Å². The first-order valence-corrected chi connectivity index (χ1v) is 7.40. The lowest BCUT2D eigenvalue weighted by molar-refractivity contribution is 0.134. The molecule has 0 saturated carbocycles. The molecular formula is C17H24N2O2. The number of hydrogen-bond donors (Lipinski definition) is 2. The zero-order valence-electron chi connectivity index (χ0n) is 12.8. The molecule has 21 heavy (non-hydrogen) atoms. The lowest BCUT2D eigenvalue weighted by Gasteiger charge is -2.25. The molecule has 0 aromatic heterocycles. The summed E-state index contributed by atoms with van der Waals surface area (Å²) in [6.45, 7) is 4.54. The van der Waals surface area contributed by atoms with Crippen molar-refractivity contribution in [1.29, 1.82) is 0 Å². The summed E-state index contributed by atoms with van der Waals surface area (Å²) in [7, 11) is 1.67. The Morgan fingerprint density at radius 1 is 1.48 bits per heavy atom. The highest BCUT2D eigenvalue weighted by Gasteiger charge is 2.30. The molecule has 1 aliphatic rings. The van der Waals surface area contributed by atoms with Crippen molar-refractivity contribution in [3.63, 3.8) is 0 Å². The Labute approximate surface area is 126 Å². The van der Waals surface area contributed by atoms with E-state index in [0.717, 1.165) is 36.4 Å². The van der Waals surface area contributed by atoms with Crippen molar-refractivity contribution in [3.05, 3.63) is 29.3 Å². The monoisotopic (exact) mass is 288 g/mol. The Balaban J connectivity index is 2.24. The highest BCUT2D eigenvalue weighted by atomic mass is 16.5. The summed E-state index contributed by atoms with van der Waals surface area (Å²) >= 11 is 0. The summed E-state index contributed by atoms with van der Waals surface area (Å²) in [6, 6.07) is 6.15. The van der Waals surface area contributed by atoms with Crippen LogP contribution in [0.4, 0.5) is 0 Å². The van der Waals surface area contributed by atoms with Gasteiger partial charge in [0.2, 0.25) is 0 Å². The second kappa shape index (κ2) is 7.46. The predicted molar refractivity (Wildman–Crippen MR) is 84.0 cm³/mol. The van der Waals surface area contributed by atoms with Gasteiger partial charge in [-0.3, -0.25) is 4.90 Å². The van der Waals surface area contributed by atoms with Crippen LogP contribution < -0.4 is 10.5 Å². The standard InChI is InChI=1S/C17H24N2O2/c1-13-7-9-19(17(13)12-20)11-15-10-16(21-2)6-5-14(15)4-3-8-18/h5-6,10,13,17,20H,7-9,11-12,18H2,1-2H3. The molecule has 4 nitrogen and oxygen atoms in total. The lowest BCUT2D eigenvalue weighted by atomic mass is 10.0. The summed E-state index contributed by atoms with van der Waals surface area (Å²) in [5, 5.41) is 9.59. The van der Waals surface area contributed by atoms with E-state index >= 15 is 0 Å². The van der Waals surface area contributed by atoms with E-state index in [2.05, 4.69) is 23.7 Å². The van der Waals surface area contributed by atoms with Gasteiger partial charge in [0.15, 0.2) is 0 Å². The van der Waals surface area contributed by atoms with Gasteiger partial charge in [-0.05, 0) is 42.6 Å². The van der Waals surface area contributed by atoms with E-state index in [-0.39, 0.29) is 12.6 Å². The molecule has 0 aliphatic carbocycles. The lowest BCUT2D eigenvalue weighted by Crippen LogP contribution is -2.34. The number of methoxy groups -OCH3 is 1. The van der Waals surface area contributed by atoms with Crippen LogP contribution in [-0.2, 0) is 6.54 Å². The Morgan fingerprint density at radius 2 is 2.29 bits per heavy atom. The molecule has 2 unspecified atom stereocenters. The van der Waals surface area contributed by atoms with Gasteiger partial charge in [0.25, 0.3) is 0 Å². The van der Waals surface area contributed by atoms with E-state index in [4.69, 9.17) is 10.5 Å². The summed E-state index contributed by atoms with van der Waals surface area (Å²) < 4.78 is 5.31. The third-order valence-corrected chi connectivity index (χ3v) is 4.20. The van der Waals surface area contributed by atoms with Crippen molar-refractivity contribution in [2.45, 2.75) is 25.9 Å². The molecule has 0 amide bonds. The Hall–Kier alpha value is -1.54. The minimum Gasteiger partial charge on any atom is -0.497 e. The van der Waals surface area contributed by atoms with Crippen LogP contribution in [0.1, 0.15) is 24.5 Å². The molecule has 1 aromatic rings. The zero-order valence-corrected chi connectivity index (χ0v) is 12.8. The maximum absolute atomic E-state index is 9.59. The first kappa shape index (κ1) is 15.8.